The van der Waals surface area contributed by atoms with Crippen LogP contribution in [-0.2, 0) is 75.8 Å². The number of nitrogens with zero attached hydrogens (tertiary/aromatic N) is 4. The highest BCUT2D eigenvalue weighted by atomic mass is 32.1. The van der Waals surface area contributed by atoms with E-state index in [1.165, 1.54) is 89.8 Å². The van der Waals surface area contributed by atoms with Gasteiger partial charge in [0.15, 0.2) is 26.9 Å². The van der Waals surface area contributed by atoms with Gasteiger partial charge in [0.05, 0.1) is 72.6 Å². The summed E-state index contributed by atoms with van der Waals surface area (Å²) in [5.74, 6) is -4.39. The Hall–Kier alpha value is -11.8. The largest absolute Gasteiger partial charge is 0.506 e. The summed E-state index contributed by atoms with van der Waals surface area (Å²) in [5, 5.41) is 59.4. The lowest BCUT2D eigenvalue weighted by Crippen LogP contribution is -2.42. The second-order valence-electron chi connectivity index (χ2n) is 30.1. The number of nitrogens with one attached hydrogen (secondary N) is 6. The Bertz CT molecular complexity index is 5210. The molecule has 4 heterocycles. The predicted octanol–water partition coefficient (Wildman–Crippen LogP) is 18.2. The lowest BCUT2D eigenvalue weighted by molar-refractivity contribution is -0.122. The van der Waals surface area contributed by atoms with Gasteiger partial charge in [-0.25, -0.2) is 31.1 Å². The Balaban J connectivity index is 0.000000166. The molecule has 614 valence electrons. The van der Waals surface area contributed by atoms with Crippen LogP contribution in [0.2, 0.25) is 0 Å². The lowest BCUT2D eigenvalue weighted by atomic mass is 10.0. The number of phenols is 4. The Morgan fingerprint density at radius 1 is 0.410 bits per heavy atom. The smallest absolute Gasteiger partial charge is 0.413 e. The molecule has 0 saturated heterocycles. The third kappa shape index (κ3) is 23.7. The van der Waals surface area contributed by atoms with Gasteiger partial charge < -0.3 is 71.3 Å². The zero-order valence-corrected chi connectivity index (χ0v) is 68.1. The minimum absolute atomic E-state index is 0.00148. The number of anilines is 8. The molecule has 4 atom stereocenters. The van der Waals surface area contributed by atoms with Crippen LogP contribution in [-0.4, -0.2) is 77.6 Å². The molecule has 4 aliphatic rings. The quantitative estimate of drug-likeness (QED) is 0.0292. The molecule has 4 aliphatic heterocycles. The fourth-order valence-electron chi connectivity index (χ4n) is 13.7. The first-order chi connectivity index (χ1) is 55.6. The molecule has 20 nitrogen and oxygen atoms in total. The number of benzene rings is 9. The highest BCUT2D eigenvalue weighted by Crippen LogP contribution is 2.43. The number of aryl methyl sites for hydroxylation is 4. The van der Waals surface area contributed by atoms with E-state index in [0.29, 0.717) is 130 Å². The predicted molar refractivity (Wildman–Crippen MR) is 454 cm³/mol. The minimum Gasteiger partial charge on any atom is -0.506 e. The third-order valence-electron chi connectivity index (χ3n) is 19.8. The molecule has 10 N–H and O–H groups in total. The van der Waals surface area contributed by atoms with Gasteiger partial charge in [-0.05, 0) is 257 Å². The van der Waals surface area contributed by atoms with Crippen LogP contribution in [0.15, 0.2) is 170 Å². The van der Waals surface area contributed by atoms with Crippen molar-refractivity contribution in [1.29, 1.82) is 0 Å². The monoisotopic (exact) mass is 1660 g/mol. The maximum Gasteiger partial charge on any atom is 0.413 e. The van der Waals surface area contributed by atoms with Crippen LogP contribution in [0.25, 0.3) is 0 Å². The van der Waals surface area contributed by atoms with E-state index >= 15 is 0 Å². The zero-order valence-electron chi connectivity index (χ0n) is 65.7. The van der Waals surface area contributed by atoms with Crippen molar-refractivity contribution >= 4 is 127 Å². The van der Waals surface area contributed by atoms with Crippen molar-refractivity contribution in [3.05, 3.63) is 249 Å². The third-order valence-corrected chi connectivity index (χ3v) is 20.4. The number of hydrogen-bond donors (Lipinski definition) is 10. The fourth-order valence-corrected chi connectivity index (χ4v) is 14.6. The SMILES string of the molecule is CC1CCc2cc(F)c(O)cc2N(Cc2cccc(F)c2)C1=O.CC1CCc2cc(NC(=S)NC(C)(C)C)c(O)cc2N(Cc2cccc(F)c2)C1=O.CC1CCc2cc(NC(=S)Nc3ccc(F)cc3)c(O)cc2N(Cc2cccc(F)c2)C1=O.CCOC(=O)NC(=S)Nc1cc2c(cc1O)N(Cc1cccc(F)c1)C(=O)C(C)CC2. The van der Waals surface area contributed by atoms with Crippen molar-refractivity contribution in [2.75, 3.05) is 47.5 Å². The van der Waals surface area contributed by atoms with Crippen molar-refractivity contribution in [3.63, 3.8) is 0 Å². The zero-order chi connectivity index (χ0) is 84.7. The number of carbonyl (C=O) groups is 5. The molecule has 117 heavy (non-hydrogen) atoms. The summed E-state index contributed by atoms with van der Waals surface area (Å²) in [7, 11) is 0. The molecule has 0 radical (unpaired) electrons. The van der Waals surface area contributed by atoms with Crippen LogP contribution in [0.3, 0.4) is 0 Å². The fraction of sp³-hybridized carbons (Fsp3) is 0.295. The minimum atomic E-state index is -0.699. The van der Waals surface area contributed by atoms with Crippen LogP contribution >= 0.6 is 36.7 Å². The molecule has 13 rings (SSSR count). The number of aromatic hydroxyl groups is 4. The van der Waals surface area contributed by atoms with Crippen molar-refractivity contribution in [3.8, 4) is 23.0 Å². The molecule has 4 unspecified atom stereocenters. The van der Waals surface area contributed by atoms with E-state index in [-0.39, 0.29) is 142 Å². The molecule has 0 aromatic heterocycles. The maximum atomic E-state index is 13.7. The molecule has 0 spiro atoms. The van der Waals surface area contributed by atoms with Crippen molar-refractivity contribution in [2.24, 2.45) is 23.7 Å². The molecule has 0 saturated carbocycles. The van der Waals surface area contributed by atoms with Crippen LogP contribution in [0.4, 0.5) is 76.6 Å². The van der Waals surface area contributed by atoms with Gasteiger partial charge in [0.1, 0.15) is 46.3 Å². The van der Waals surface area contributed by atoms with Gasteiger partial charge in [0.25, 0.3) is 0 Å². The van der Waals surface area contributed by atoms with Crippen molar-refractivity contribution in [2.45, 2.75) is 138 Å². The normalized spacial score (nSPS) is 16.3. The van der Waals surface area contributed by atoms with Gasteiger partial charge in [-0.2, -0.15) is 0 Å². The molecule has 5 amide bonds. The standard InChI is InChI=1S/C25H23F2N3O2S.C23H28FN3O2S.C22H24FN3O4S.C18H17F2NO2/c1-15-5-6-17-12-21(29-25(33)28-20-9-7-18(26)8-10-20)23(31)13-22(17)30(24(15)32)14-16-3-2-4-19(27)11-16;1-14-8-9-16-11-18(25-22(30)26-23(2,3)4)20(28)12-19(16)27(21(14)29)13-15-6-5-7-17(24)10-15;1-3-30-22(29)25-21(31)24-17-10-15-8-7-13(2)20(28)26(18(15)11-19(17)27)12-14-5-4-6-16(23)9-14;1-11-5-6-13-8-15(20)17(22)9-16(13)21(18(11)23)10-12-3-2-4-14(19)7-12/h2-4,7-13,15,31H,5-6,14H2,1H3,(H2,28,29,33);5-7,10-12,14,28H,8-9,13H2,1-4H3,(H2,25,26,30);4-6,9-11,13,27H,3,7-8,12H2,1-2H3,(H2,24,25,29,31);2-4,7-9,11,22H,5-6,10H2,1H3. The molecule has 0 fully saturated rings. The van der Waals surface area contributed by atoms with Crippen LogP contribution in [0, 0.1) is 58.6 Å². The van der Waals surface area contributed by atoms with Gasteiger partial charge in [-0.1, -0.05) is 76.2 Å². The van der Waals surface area contributed by atoms with Crippen LogP contribution in [0.5, 0.6) is 23.0 Å². The van der Waals surface area contributed by atoms with Gasteiger partial charge in [-0.3, -0.25) is 24.5 Å². The highest BCUT2D eigenvalue weighted by Gasteiger charge is 2.34. The van der Waals surface area contributed by atoms with E-state index in [1.807, 2.05) is 54.5 Å². The average molecular weight is 1660 g/mol. The highest BCUT2D eigenvalue weighted by molar-refractivity contribution is 7.81. The summed E-state index contributed by atoms with van der Waals surface area (Å²) in [5.41, 5.74) is 9.80. The van der Waals surface area contributed by atoms with Crippen molar-refractivity contribution < 1.29 is 75.5 Å². The summed E-state index contributed by atoms with van der Waals surface area (Å²) >= 11 is 15.8. The maximum absolute atomic E-state index is 13.7. The molecule has 29 heteroatoms. The summed E-state index contributed by atoms with van der Waals surface area (Å²) in [6.07, 6.45) is 4.36. The number of amides is 5. The Morgan fingerprint density at radius 3 is 1.03 bits per heavy atom. The van der Waals surface area contributed by atoms with Gasteiger partial charge in [0.2, 0.25) is 23.6 Å². The first-order valence-electron chi connectivity index (χ1n) is 38.1. The van der Waals surface area contributed by atoms with Gasteiger partial charge in [-0.15, -0.1) is 0 Å². The number of phenolic OH excluding ortho intramolecular Hbond substituents is 4. The van der Waals surface area contributed by atoms with Gasteiger partial charge in [0, 0.05) is 59.2 Å². The first-order valence-corrected chi connectivity index (χ1v) is 39.3. The Kier molecular flexibility index (Phi) is 29.3. The topological polar surface area (TPSA) is 261 Å². The molecular weight excluding hydrogens is 1570 g/mol. The molecule has 0 aliphatic carbocycles. The Morgan fingerprint density at radius 2 is 0.718 bits per heavy atom. The van der Waals surface area contributed by atoms with E-state index < -0.39 is 17.7 Å². The number of rotatable bonds is 13. The van der Waals surface area contributed by atoms with Crippen LogP contribution < -0.4 is 51.5 Å². The molecule has 0 bridgehead atoms. The molecule has 9 aromatic rings. The molecule has 9 aromatic carbocycles. The summed E-state index contributed by atoms with van der Waals surface area (Å²) < 4.78 is 85.9. The number of alkyl carbamates (subject to hydrolysis) is 1. The van der Waals surface area contributed by atoms with Crippen LogP contribution in [0.1, 0.15) is 126 Å². The summed E-state index contributed by atoms with van der Waals surface area (Å²) in [4.78, 5) is 69.6. The summed E-state index contributed by atoms with van der Waals surface area (Å²) in [6, 6.07) is 42.7. The molecular formula is C88H92F6N10O10S3. The number of halogens is 6. The average Bonchev–Trinajstić information content (AvgIpc) is 1.75. The second-order valence-corrected chi connectivity index (χ2v) is 31.3. The number of fused-ring (bicyclic) bond motifs is 4. The number of carbonyl (C=O) groups excluding carboxylic acids is 5. The first kappa shape index (κ1) is 87.6. The number of thiocarbonyl (C=S) groups is 3. The van der Waals surface area contributed by atoms with E-state index in [2.05, 4.69) is 31.9 Å². The van der Waals surface area contributed by atoms with E-state index in [1.54, 1.807) is 100 Å². The van der Waals surface area contributed by atoms with E-state index in [0.717, 1.165) is 16.7 Å². The number of hydrogen-bond acceptors (Lipinski definition) is 13. The summed E-state index contributed by atoms with van der Waals surface area (Å²) in [6.45, 7) is 16.1. The van der Waals surface area contributed by atoms with E-state index in [4.69, 9.17) is 41.4 Å². The lowest BCUT2D eigenvalue weighted by Gasteiger charge is -2.26. The number of ether oxygens (including phenoxy) is 1. The van der Waals surface area contributed by atoms with E-state index in [9.17, 15) is 70.7 Å². The van der Waals surface area contributed by atoms with Crippen molar-refractivity contribution in [1.82, 2.24) is 10.6 Å². The Labute approximate surface area is 691 Å². The second kappa shape index (κ2) is 39.2. The van der Waals surface area contributed by atoms with Gasteiger partial charge >= 0.3 is 6.09 Å².